The number of nitrogens with zero attached hydrogens (tertiary/aromatic N) is 1. The summed E-state index contributed by atoms with van der Waals surface area (Å²) >= 11 is 6.04. The van der Waals surface area contributed by atoms with Gasteiger partial charge in [-0.2, -0.15) is 0 Å². The van der Waals surface area contributed by atoms with E-state index in [0.29, 0.717) is 27.6 Å². The number of imide groups is 1. The summed E-state index contributed by atoms with van der Waals surface area (Å²) in [6, 6.07) is 19.6. The highest BCUT2D eigenvalue weighted by Crippen LogP contribution is 2.35. The summed E-state index contributed by atoms with van der Waals surface area (Å²) in [6.45, 7) is 3.93. The number of methoxy groups -OCH3 is 1. The molecule has 1 heterocycles. The molecule has 0 radical (unpaired) electrons. The number of carbonyl (C=O) groups is 2. The Morgan fingerprint density at radius 3 is 2.19 bits per heavy atom. The van der Waals surface area contributed by atoms with Gasteiger partial charge in [0.15, 0.2) is 0 Å². The Hall–Kier alpha value is -3.57. The van der Waals surface area contributed by atoms with E-state index in [-0.39, 0.29) is 5.70 Å². The van der Waals surface area contributed by atoms with E-state index in [1.54, 1.807) is 55.6 Å². The van der Waals surface area contributed by atoms with Crippen LogP contribution < -0.4 is 15.0 Å². The predicted octanol–water partition coefficient (Wildman–Crippen LogP) is 5.36. The number of rotatable bonds is 5. The fraction of sp³-hybridized carbons (Fsp3) is 0.120. The first-order chi connectivity index (χ1) is 14.9. The molecule has 3 aromatic rings. The molecule has 31 heavy (non-hydrogen) atoms. The number of aryl methyl sites for hydroxylation is 2. The van der Waals surface area contributed by atoms with Crippen molar-refractivity contribution >= 4 is 40.4 Å². The van der Waals surface area contributed by atoms with Crippen LogP contribution in [-0.4, -0.2) is 18.9 Å². The van der Waals surface area contributed by atoms with Gasteiger partial charge in [-0.05, 0) is 73.0 Å². The molecule has 0 aliphatic carbocycles. The highest BCUT2D eigenvalue weighted by atomic mass is 35.5. The molecule has 1 aliphatic rings. The molecule has 1 N–H and O–H groups in total. The summed E-state index contributed by atoms with van der Waals surface area (Å²) < 4.78 is 5.19. The fourth-order valence-corrected chi connectivity index (χ4v) is 3.63. The lowest BCUT2D eigenvalue weighted by Crippen LogP contribution is -2.32. The summed E-state index contributed by atoms with van der Waals surface area (Å²) in [4.78, 5) is 28.1. The van der Waals surface area contributed by atoms with Crippen LogP contribution in [0.4, 0.5) is 11.4 Å². The van der Waals surface area contributed by atoms with Crippen molar-refractivity contribution in [1.29, 1.82) is 0 Å². The van der Waals surface area contributed by atoms with Crippen molar-refractivity contribution in [1.82, 2.24) is 0 Å². The van der Waals surface area contributed by atoms with Crippen molar-refractivity contribution < 1.29 is 14.3 Å². The van der Waals surface area contributed by atoms with Crippen LogP contribution in [0.2, 0.25) is 5.02 Å². The highest BCUT2D eigenvalue weighted by Gasteiger charge is 2.40. The number of hydrogen-bond acceptors (Lipinski definition) is 4. The van der Waals surface area contributed by atoms with Crippen LogP contribution in [-0.2, 0) is 9.59 Å². The number of anilines is 2. The SMILES string of the molecule is COc1ccc(N2C(=O)C(Nc3cc(C)ccc3C)=C(c3ccc(Cl)cc3)C2=O)cc1. The van der Waals surface area contributed by atoms with E-state index in [1.165, 1.54) is 4.90 Å². The highest BCUT2D eigenvalue weighted by molar-refractivity contribution is 6.46. The lowest BCUT2D eigenvalue weighted by molar-refractivity contribution is -0.120. The molecule has 0 fully saturated rings. The number of halogens is 1. The lowest BCUT2D eigenvalue weighted by Gasteiger charge is -2.16. The summed E-state index contributed by atoms with van der Waals surface area (Å²) in [7, 11) is 1.56. The normalized spacial score (nSPS) is 13.7. The van der Waals surface area contributed by atoms with Crippen LogP contribution in [0.15, 0.2) is 72.4 Å². The average molecular weight is 433 g/mol. The second-order valence-electron chi connectivity index (χ2n) is 7.34. The van der Waals surface area contributed by atoms with E-state index in [4.69, 9.17) is 16.3 Å². The molecule has 0 unspecified atom stereocenters. The van der Waals surface area contributed by atoms with Gasteiger partial charge in [0.05, 0.1) is 18.4 Å². The maximum atomic E-state index is 13.5. The molecular formula is C25H21ClN2O3. The van der Waals surface area contributed by atoms with E-state index in [9.17, 15) is 9.59 Å². The number of carbonyl (C=O) groups excluding carboxylic acids is 2. The van der Waals surface area contributed by atoms with Gasteiger partial charge in [0.1, 0.15) is 11.4 Å². The first-order valence-corrected chi connectivity index (χ1v) is 10.1. The Bertz CT molecular complexity index is 1200. The van der Waals surface area contributed by atoms with Crippen molar-refractivity contribution in [2.75, 3.05) is 17.3 Å². The number of benzene rings is 3. The van der Waals surface area contributed by atoms with Crippen LogP contribution in [0, 0.1) is 13.8 Å². The quantitative estimate of drug-likeness (QED) is 0.551. The summed E-state index contributed by atoms with van der Waals surface area (Å²) in [5, 5.41) is 3.78. The fourth-order valence-electron chi connectivity index (χ4n) is 3.50. The summed E-state index contributed by atoms with van der Waals surface area (Å²) in [5.41, 5.74) is 4.42. The van der Waals surface area contributed by atoms with E-state index in [1.807, 2.05) is 32.0 Å². The number of hydrogen-bond donors (Lipinski definition) is 1. The third kappa shape index (κ3) is 3.92. The maximum absolute atomic E-state index is 13.5. The molecule has 4 rings (SSSR count). The Morgan fingerprint density at radius 2 is 1.55 bits per heavy atom. The Morgan fingerprint density at radius 1 is 0.871 bits per heavy atom. The molecule has 5 nitrogen and oxygen atoms in total. The third-order valence-electron chi connectivity index (χ3n) is 5.20. The van der Waals surface area contributed by atoms with Crippen molar-refractivity contribution in [2.45, 2.75) is 13.8 Å². The molecule has 0 spiro atoms. The summed E-state index contributed by atoms with van der Waals surface area (Å²) in [6.07, 6.45) is 0. The number of amides is 2. The average Bonchev–Trinajstić information content (AvgIpc) is 3.01. The molecule has 156 valence electrons. The van der Waals surface area contributed by atoms with Gasteiger partial charge in [0, 0.05) is 10.7 Å². The smallest absolute Gasteiger partial charge is 0.282 e. The standard InChI is InChI=1S/C25H21ClN2O3/c1-15-4-5-16(2)21(14-15)27-23-22(17-6-8-18(26)9-7-17)24(29)28(25(23)30)19-10-12-20(31-3)13-11-19/h4-14,27H,1-3H3. The van der Waals surface area contributed by atoms with Crippen LogP contribution in [0.5, 0.6) is 5.75 Å². The first-order valence-electron chi connectivity index (χ1n) is 9.76. The Labute approximate surface area is 185 Å². The Kier molecular flexibility index (Phi) is 5.53. The zero-order valence-electron chi connectivity index (χ0n) is 17.4. The van der Waals surface area contributed by atoms with Gasteiger partial charge in [0.25, 0.3) is 11.8 Å². The van der Waals surface area contributed by atoms with Crippen molar-refractivity contribution in [3.8, 4) is 5.75 Å². The number of ether oxygens (including phenoxy) is 1. The van der Waals surface area contributed by atoms with E-state index in [0.717, 1.165) is 16.8 Å². The van der Waals surface area contributed by atoms with Crippen molar-refractivity contribution in [2.24, 2.45) is 0 Å². The van der Waals surface area contributed by atoms with Gasteiger partial charge in [-0.25, -0.2) is 4.90 Å². The minimum absolute atomic E-state index is 0.233. The second-order valence-corrected chi connectivity index (χ2v) is 7.78. The van der Waals surface area contributed by atoms with Crippen LogP contribution in [0.1, 0.15) is 16.7 Å². The van der Waals surface area contributed by atoms with Crippen molar-refractivity contribution in [3.63, 3.8) is 0 Å². The molecule has 0 atom stereocenters. The van der Waals surface area contributed by atoms with Crippen molar-refractivity contribution in [3.05, 3.63) is 94.1 Å². The first kappa shape index (κ1) is 20.7. The molecule has 0 saturated carbocycles. The lowest BCUT2D eigenvalue weighted by atomic mass is 10.0. The maximum Gasteiger partial charge on any atom is 0.282 e. The Balaban J connectivity index is 1.82. The minimum Gasteiger partial charge on any atom is -0.497 e. The van der Waals surface area contributed by atoms with Gasteiger partial charge < -0.3 is 10.1 Å². The van der Waals surface area contributed by atoms with Gasteiger partial charge in [-0.15, -0.1) is 0 Å². The molecular weight excluding hydrogens is 412 g/mol. The largest absolute Gasteiger partial charge is 0.497 e. The molecule has 0 saturated heterocycles. The summed E-state index contributed by atoms with van der Waals surface area (Å²) in [5.74, 6) is -0.172. The van der Waals surface area contributed by atoms with E-state index < -0.39 is 11.8 Å². The topological polar surface area (TPSA) is 58.6 Å². The van der Waals surface area contributed by atoms with Gasteiger partial charge in [-0.3, -0.25) is 9.59 Å². The van der Waals surface area contributed by atoms with Crippen LogP contribution in [0.3, 0.4) is 0 Å². The third-order valence-corrected chi connectivity index (χ3v) is 5.45. The van der Waals surface area contributed by atoms with E-state index in [2.05, 4.69) is 5.32 Å². The van der Waals surface area contributed by atoms with E-state index >= 15 is 0 Å². The van der Waals surface area contributed by atoms with Gasteiger partial charge >= 0.3 is 0 Å². The van der Waals surface area contributed by atoms with Gasteiger partial charge in [-0.1, -0.05) is 35.9 Å². The molecule has 3 aromatic carbocycles. The molecule has 0 bridgehead atoms. The minimum atomic E-state index is -0.416. The number of nitrogens with one attached hydrogen (secondary N) is 1. The van der Waals surface area contributed by atoms with Crippen LogP contribution in [0.25, 0.3) is 5.57 Å². The van der Waals surface area contributed by atoms with Crippen LogP contribution >= 0.6 is 11.6 Å². The molecule has 0 aromatic heterocycles. The second kappa shape index (κ2) is 8.28. The zero-order chi connectivity index (χ0) is 22.1. The predicted molar refractivity (Wildman–Crippen MR) is 123 cm³/mol. The monoisotopic (exact) mass is 432 g/mol. The van der Waals surface area contributed by atoms with Gasteiger partial charge in [0.2, 0.25) is 0 Å². The molecule has 1 aliphatic heterocycles. The molecule has 2 amide bonds. The zero-order valence-corrected chi connectivity index (χ0v) is 18.2. The molecule has 6 heteroatoms.